The van der Waals surface area contributed by atoms with Crippen molar-refractivity contribution in [2.24, 2.45) is 0 Å². The second kappa shape index (κ2) is 3.90. The number of aliphatic hydroxyl groups excluding tert-OH is 1. The van der Waals surface area contributed by atoms with Crippen LogP contribution in [0.3, 0.4) is 0 Å². The van der Waals surface area contributed by atoms with Gasteiger partial charge in [0.2, 0.25) is 0 Å². The zero-order valence-electron chi connectivity index (χ0n) is 8.18. The maximum absolute atomic E-state index is 10.5. The predicted molar refractivity (Wildman–Crippen MR) is 55.9 cm³/mol. The number of carbonyl (C=O) groups is 1. The van der Waals surface area contributed by atoms with Crippen LogP contribution in [0.15, 0.2) is 24.3 Å². The molecule has 2 rings (SSSR count). The van der Waals surface area contributed by atoms with Gasteiger partial charge in [-0.15, -0.1) is 0 Å². The lowest BCUT2D eigenvalue weighted by atomic mass is 9.95. The van der Waals surface area contributed by atoms with Crippen LogP contribution >= 0.6 is 0 Å². The van der Waals surface area contributed by atoms with E-state index in [9.17, 15) is 9.90 Å². The predicted octanol–water partition coefficient (Wildman–Crippen LogP) is 1.03. The third-order valence-corrected chi connectivity index (χ3v) is 2.73. The number of hydrogen-bond acceptors (Lipinski definition) is 3. The molecule has 0 amide bonds. The van der Waals surface area contributed by atoms with E-state index in [0.717, 1.165) is 11.3 Å². The Morgan fingerprint density at radius 2 is 2.27 bits per heavy atom. The third-order valence-electron chi connectivity index (χ3n) is 2.73. The van der Waals surface area contributed by atoms with Gasteiger partial charge in [-0.3, -0.25) is 0 Å². The van der Waals surface area contributed by atoms with E-state index < -0.39 is 12.1 Å². The summed E-state index contributed by atoms with van der Waals surface area (Å²) in [5.74, 6) is -1.06. The summed E-state index contributed by atoms with van der Waals surface area (Å²) >= 11 is 0. The highest BCUT2D eigenvalue weighted by Crippen LogP contribution is 2.33. The highest BCUT2D eigenvalue weighted by Gasteiger charge is 2.26. The lowest BCUT2D eigenvalue weighted by molar-refractivity contribution is -0.147. The maximum Gasteiger partial charge on any atom is 0.332 e. The van der Waals surface area contributed by atoms with E-state index in [1.165, 1.54) is 0 Å². The first kappa shape index (κ1) is 9.98. The number of carboxylic acid groups (broad SMARTS) is 1. The Morgan fingerprint density at radius 3 is 3.00 bits per heavy atom. The summed E-state index contributed by atoms with van der Waals surface area (Å²) in [4.78, 5) is 10.5. The molecule has 1 aromatic carbocycles. The standard InChI is InChI=1S/C11H13NO3/c13-10(11(14)15)5-7-6-12-9-4-2-1-3-8(7)9/h1-4,7,10,12-13H,5-6H2,(H,14,15). The van der Waals surface area contributed by atoms with E-state index >= 15 is 0 Å². The van der Waals surface area contributed by atoms with E-state index in [0.29, 0.717) is 6.54 Å². The minimum Gasteiger partial charge on any atom is -0.479 e. The van der Waals surface area contributed by atoms with Gasteiger partial charge in [0, 0.05) is 18.2 Å². The van der Waals surface area contributed by atoms with E-state index in [2.05, 4.69) is 5.32 Å². The second-order valence-electron chi connectivity index (χ2n) is 3.75. The summed E-state index contributed by atoms with van der Waals surface area (Å²) in [5.41, 5.74) is 2.14. The van der Waals surface area contributed by atoms with E-state index in [1.807, 2.05) is 24.3 Å². The number of aliphatic hydroxyl groups is 1. The van der Waals surface area contributed by atoms with Crippen molar-refractivity contribution >= 4 is 11.7 Å². The van der Waals surface area contributed by atoms with Crippen LogP contribution in [0.5, 0.6) is 0 Å². The molecule has 1 aliphatic heterocycles. The summed E-state index contributed by atoms with van der Waals surface area (Å²) in [5, 5.41) is 21.1. The molecule has 0 aromatic heterocycles. The fraction of sp³-hybridized carbons (Fsp3) is 0.364. The van der Waals surface area contributed by atoms with E-state index in [1.54, 1.807) is 0 Å². The van der Waals surface area contributed by atoms with Crippen molar-refractivity contribution in [2.75, 3.05) is 11.9 Å². The number of para-hydroxylation sites is 1. The van der Waals surface area contributed by atoms with Crippen LogP contribution in [0.25, 0.3) is 0 Å². The first-order valence-corrected chi connectivity index (χ1v) is 4.92. The van der Waals surface area contributed by atoms with Gasteiger partial charge in [-0.25, -0.2) is 4.79 Å². The van der Waals surface area contributed by atoms with Gasteiger partial charge < -0.3 is 15.5 Å². The smallest absolute Gasteiger partial charge is 0.332 e. The van der Waals surface area contributed by atoms with E-state index in [4.69, 9.17) is 5.11 Å². The molecule has 0 aliphatic carbocycles. The lowest BCUT2D eigenvalue weighted by Gasteiger charge is -2.12. The molecule has 2 unspecified atom stereocenters. The Hall–Kier alpha value is -1.55. The number of nitrogens with one attached hydrogen (secondary N) is 1. The van der Waals surface area contributed by atoms with Crippen LogP contribution in [0.4, 0.5) is 5.69 Å². The molecule has 3 N–H and O–H groups in total. The van der Waals surface area contributed by atoms with Crippen molar-refractivity contribution in [3.63, 3.8) is 0 Å². The summed E-state index contributed by atoms with van der Waals surface area (Å²) in [6.07, 6.45) is -1.01. The fourth-order valence-corrected chi connectivity index (χ4v) is 1.94. The van der Waals surface area contributed by atoms with Crippen LogP contribution in [-0.2, 0) is 4.79 Å². The van der Waals surface area contributed by atoms with Crippen molar-refractivity contribution < 1.29 is 15.0 Å². The van der Waals surface area contributed by atoms with Gasteiger partial charge in [0.05, 0.1) is 0 Å². The van der Waals surface area contributed by atoms with Crippen molar-refractivity contribution in [1.29, 1.82) is 0 Å². The molecule has 0 spiro atoms. The SMILES string of the molecule is O=C(O)C(O)CC1CNc2ccccc21. The van der Waals surface area contributed by atoms with Crippen LogP contribution in [-0.4, -0.2) is 28.8 Å². The molecule has 4 heteroatoms. The highest BCUT2D eigenvalue weighted by molar-refractivity contribution is 5.72. The molecule has 80 valence electrons. The molecule has 0 bridgehead atoms. The number of aliphatic carboxylic acids is 1. The van der Waals surface area contributed by atoms with Crippen LogP contribution in [0.1, 0.15) is 17.9 Å². The van der Waals surface area contributed by atoms with Crippen molar-refractivity contribution in [3.8, 4) is 0 Å². The van der Waals surface area contributed by atoms with Crippen LogP contribution < -0.4 is 5.32 Å². The van der Waals surface area contributed by atoms with Crippen LogP contribution in [0, 0.1) is 0 Å². The van der Waals surface area contributed by atoms with E-state index in [-0.39, 0.29) is 12.3 Å². The normalized spacial score (nSPS) is 20.5. The van der Waals surface area contributed by atoms with Gasteiger partial charge in [0.1, 0.15) is 0 Å². The second-order valence-corrected chi connectivity index (χ2v) is 3.75. The van der Waals surface area contributed by atoms with Crippen molar-refractivity contribution in [2.45, 2.75) is 18.4 Å². The van der Waals surface area contributed by atoms with Gasteiger partial charge in [0.15, 0.2) is 6.10 Å². The van der Waals surface area contributed by atoms with Crippen LogP contribution in [0.2, 0.25) is 0 Å². The summed E-state index contributed by atoms with van der Waals surface area (Å²) in [6.45, 7) is 0.698. The van der Waals surface area contributed by atoms with Gasteiger partial charge in [-0.1, -0.05) is 18.2 Å². The first-order chi connectivity index (χ1) is 7.18. The quantitative estimate of drug-likeness (QED) is 0.692. The van der Waals surface area contributed by atoms with Gasteiger partial charge >= 0.3 is 5.97 Å². The fourth-order valence-electron chi connectivity index (χ4n) is 1.94. The summed E-state index contributed by atoms with van der Waals surface area (Å²) in [6, 6.07) is 7.78. The Balaban J connectivity index is 2.11. The number of fused-ring (bicyclic) bond motifs is 1. The molecular formula is C11H13NO3. The third kappa shape index (κ3) is 1.94. The molecule has 1 aliphatic rings. The molecule has 0 saturated heterocycles. The summed E-state index contributed by atoms with van der Waals surface area (Å²) in [7, 11) is 0. The van der Waals surface area contributed by atoms with Gasteiger partial charge in [0.25, 0.3) is 0 Å². The molecule has 1 heterocycles. The van der Waals surface area contributed by atoms with Gasteiger partial charge in [-0.2, -0.15) is 0 Å². The minimum absolute atomic E-state index is 0.0901. The Kier molecular flexibility index (Phi) is 2.60. The molecular weight excluding hydrogens is 194 g/mol. The molecule has 0 radical (unpaired) electrons. The van der Waals surface area contributed by atoms with Crippen molar-refractivity contribution in [3.05, 3.63) is 29.8 Å². The topological polar surface area (TPSA) is 69.6 Å². The number of rotatable bonds is 3. The monoisotopic (exact) mass is 207 g/mol. The number of anilines is 1. The largest absolute Gasteiger partial charge is 0.479 e. The van der Waals surface area contributed by atoms with Crippen molar-refractivity contribution in [1.82, 2.24) is 0 Å². The minimum atomic E-state index is -1.28. The molecule has 1 aromatic rings. The molecule has 0 saturated carbocycles. The summed E-state index contributed by atoms with van der Waals surface area (Å²) < 4.78 is 0. The lowest BCUT2D eigenvalue weighted by Crippen LogP contribution is -2.22. The average molecular weight is 207 g/mol. The molecule has 15 heavy (non-hydrogen) atoms. The molecule has 4 nitrogen and oxygen atoms in total. The Bertz CT molecular complexity index is 378. The maximum atomic E-state index is 10.5. The Morgan fingerprint density at radius 1 is 1.53 bits per heavy atom. The highest BCUT2D eigenvalue weighted by atomic mass is 16.4. The first-order valence-electron chi connectivity index (χ1n) is 4.92. The number of carboxylic acids is 1. The van der Waals surface area contributed by atoms with Gasteiger partial charge in [-0.05, 0) is 18.1 Å². The zero-order chi connectivity index (χ0) is 10.8. The molecule has 0 fully saturated rings. The molecule has 2 atom stereocenters. The average Bonchev–Trinajstić information content (AvgIpc) is 2.62. The Labute approximate surface area is 87.6 Å². The number of benzene rings is 1. The zero-order valence-corrected chi connectivity index (χ0v) is 8.18. The number of hydrogen-bond donors (Lipinski definition) is 3.